The highest BCUT2D eigenvalue weighted by Gasteiger charge is 2.60. The summed E-state index contributed by atoms with van der Waals surface area (Å²) in [7, 11) is 0. The smallest absolute Gasteiger partial charge is 0.161 e. The van der Waals surface area contributed by atoms with Crippen molar-refractivity contribution in [3.05, 3.63) is 0 Å². The number of carbonyl (C=O) groups excluding carboxylic acids is 1. The number of hydrogen-bond acceptors (Lipinski definition) is 3. The maximum atomic E-state index is 12.3. The van der Waals surface area contributed by atoms with E-state index in [4.69, 9.17) is 0 Å². The van der Waals surface area contributed by atoms with Crippen LogP contribution in [0.1, 0.15) is 71.6 Å². The Hall–Kier alpha value is -0.410. The maximum absolute atomic E-state index is 12.3. The lowest BCUT2D eigenvalue weighted by molar-refractivity contribution is -0.141. The fourth-order valence-corrected chi connectivity index (χ4v) is 7.87. The van der Waals surface area contributed by atoms with Crippen LogP contribution in [0.4, 0.5) is 0 Å². The predicted molar refractivity (Wildman–Crippen MR) is 93.3 cm³/mol. The summed E-state index contributed by atoms with van der Waals surface area (Å²) in [5, 5.41) is 19.5. The molecule has 0 aliphatic heterocycles. The van der Waals surface area contributed by atoms with Crippen molar-refractivity contribution >= 4 is 5.78 Å². The molecule has 0 unspecified atom stereocenters. The second-order valence-electron chi connectivity index (χ2n) is 9.88. The van der Waals surface area contributed by atoms with Gasteiger partial charge < -0.3 is 10.2 Å². The number of fused-ring (bicyclic) bond motifs is 5. The molecule has 4 rings (SSSR count). The fourth-order valence-electron chi connectivity index (χ4n) is 7.87. The van der Waals surface area contributed by atoms with Crippen molar-refractivity contribution in [3.8, 4) is 0 Å². The van der Waals surface area contributed by atoms with Gasteiger partial charge in [0.25, 0.3) is 0 Å². The van der Waals surface area contributed by atoms with E-state index in [0.29, 0.717) is 17.3 Å². The van der Waals surface area contributed by atoms with E-state index in [2.05, 4.69) is 13.8 Å². The Morgan fingerprint density at radius 3 is 2.42 bits per heavy atom. The molecule has 3 heteroatoms. The molecular formula is C21H34O3. The first kappa shape index (κ1) is 17.0. The Morgan fingerprint density at radius 1 is 0.958 bits per heavy atom. The van der Waals surface area contributed by atoms with E-state index in [0.717, 1.165) is 37.5 Å². The normalized spacial score (nSPS) is 53.8. The molecule has 0 heterocycles. The summed E-state index contributed by atoms with van der Waals surface area (Å²) in [5.41, 5.74) is 0.529. The molecule has 0 spiro atoms. The van der Waals surface area contributed by atoms with Crippen LogP contribution in [-0.4, -0.2) is 28.7 Å². The summed E-state index contributed by atoms with van der Waals surface area (Å²) in [6.45, 7) is 4.57. The number of rotatable bonds is 2. The number of aliphatic hydroxyl groups is 2. The van der Waals surface area contributed by atoms with Gasteiger partial charge in [0.15, 0.2) is 5.78 Å². The maximum Gasteiger partial charge on any atom is 0.161 e. The van der Waals surface area contributed by atoms with Gasteiger partial charge >= 0.3 is 0 Å². The first-order valence-electron chi connectivity index (χ1n) is 10.2. The lowest BCUT2D eigenvalue weighted by Gasteiger charge is -2.60. The third-order valence-electron chi connectivity index (χ3n) is 9.18. The summed E-state index contributed by atoms with van der Waals surface area (Å²) < 4.78 is 0. The van der Waals surface area contributed by atoms with Gasteiger partial charge in [-0.05, 0) is 92.3 Å². The molecule has 8 atom stereocenters. The summed E-state index contributed by atoms with van der Waals surface area (Å²) in [6.07, 6.45) is 10.2. The molecule has 2 N–H and O–H groups in total. The lowest BCUT2D eigenvalue weighted by atomic mass is 9.44. The molecule has 136 valence electrons. The van der Waals surface area contributed by atoms with E-state index in [9.17, 15) is 15.0 Å². The molecule has 0 saturated heterocycles. The van der Waals surface area contributed by atoms with E-state index in [1.807, 2.05) is 0 Å². The highest BCUT2D eigenvalue weighted by molar-refractivity contribution is 5.83. The zero-order valence-electron chi connectivity index (χ0n) is 15.3. The quantitative estimate of drug-likeness (QED) is 0.812. The average molecular weight is 335 g/mol. The van der Waals surface area contributed by atoms with Gasteiger partial charge in [-0.1, -0.05) is 13.8 Å². The molecule has 4 saturated carbocycles. The van der Waals surface area contributed by atoms with Crippen molar-refractivity contribution in [2.75, 3.05) is 6.61 Å². The van der Waals surface area contributed by atoms with Gasteiger partial charge in [-0.25, -0.2) is 0 Å². The van der Waals surface area contributed by atoms with E-state index in [1.54, 1.807) is 0 Å². The van der Waals surface area contributed by atoms with Crippen molar-refractivity contribution in [3.63, 3.8) is 0 Å². The first-order valence-corrected chi connectivity index (χ1v) is 10.2. The third kappa shape index (κ3) is 2.26. The Kier molecular flexibility index (Phi) is 4.12. The molecule has 0 radical (unpaired) electrons. The lowest BCUT2D eigenvalue weighted by Crippen LogP contribution is -2.54. The second-order valence-corrected chi connectivity index (χ2v) is 9.88. The molecule has 0 amide bonds. The third-order valence-corrected chi connectivity index (χ3v) is 9.18. The number of Topliss-reactive ketones (excluding diaryl/α,β-unsaturated/α-hetero) is 1. The zero-order chi connectivity index (χ0) is 17.1. The van der Waals surface area contributed by atoms with Crippen LogP contribution in [-0.2, 0) is 4.79 Å². The number of carbonyl (C=O) groups is 1. The summed E-state index contributed by atoms with van der Waals surface area (Å²) >= 11 is 0. The van der Waals surface area contributed by atoms with E-state index >= 15 is 0 Å². The molecule has 4 aliphatic carbocycles. The SMILES string of the molecule is C[C@]12CC[C@@H](O)C[C@@H]1CC[C@H]1[C@H]2CC[C@@]2(C)[C@@H]1CC[C@H]2C(=O)CO. The number of aliphatic hydroxyl groups excluding tert-OH is 2. The Morgan fingerprint density at radius 2 is 1.67 bits per heavy atom. The molecule has 3 nitrogen and oxygen atoms in total. The molecule has 24 heavy (non-hydrogen) atoms. The van der Waals surface area contributed by atoms with Crippen LogP contribution in [0.2, 0.25) is 0 Å². The van der Waals surface area contributed by atoms with Gasteiger partial charge in [-0.15, -0.1) is 0 Å². The van der Waals surface area contributed by atoms with Crippen molar-refractivity contribution in [2.45, 2.75) is 77.7 Å². The Bertz CT molecular complexity index is 517. The highest BCUT2D eigenvalue weighted by atomic mass is 16.3. The van der Waals surface area contributed by atoms with Crippen molar-refractivity contribution in [1.82, 2.24) is 0 Å². The summed E-state index contributed by atoms with van der Waals surface area (Å²) in [6, 6.07) is 0. The van der Waals surface area contributed by atoms with Crippen LogP contribution in [0.25, 0.3) is 0 Å². The molecule has 0 aromatic carbocycles. The van der Waals surface area contributed by atoms with Crippen LogP contribution in [0, 0.1) is 40.4 Å². The van der Waals surface area contributed by atoms with Crippen LogP contribution < -0.4 is 0 Å². The van der Waals surface area contributed by atoms with E-state index in [-0.39, 0.29) is 29.8 Å². The topological polar surface area (TPSA) is 57.5 Å². The largest absolute Gasteiger partial charge is 0.393 e. The van der Waals surface area contributed by atoms with Crippen molar-refractivity contribution in [2.24, 2.45) is 40.4 Å². The van der Waals surface area contributed by atoms with Gasteiger partial charge in [-0.2, -0.15) is 0 Å². The minimum absolute atomic E-state index is 0.0773. The minimum Gasteiger partial charge on any atom is -0.393 e. The standard InChI is InChI=1S/C21H34O3/c1-20-9-7-14(23)11-13(20)3-4-15-16-5-6-18(19(24)12-22)21(16,2)10-8-17(15)20/h13-18,22-23H,3-12H2,1-2H3/t13-,14+,15+,16+,17+,18-,20-,21-/m0/s1. The van der Waals surface area contributed by atoms with Crippen molar-refractivity contribution < 1.29 is 15.0 Å². The van der Waals surface area contributed by atoms with Crippen LogP contribution in [0.3, 0.4) is 0 Å². The van der Waals surface area contributed by atoms with E-state index < -0.39 is 0 Å². The van der Waals surface area contributed by atoms with Gasteiger partial charge in [-0.3, -0.25) is 4.79 Å². The van der Waals surface area contributed by atoms with Gasteiger partial charge in [0, 0.05) is 5.92 Å². The summed E-state index contributed by atoms with van der Waals surface area (Å²) in [5.74, 6) is 3.08. The minimum atomic E-state index is -0.279. The Labute approximate surface area is 146 Å². The first-order chi connectivity index (χ1) is 11.4. The second kappa shape index (κ2) is 5.81. The monoisotopic (exact) mass is 334 g/mol. The van der Waals surface area contributed by atoms with Crippen LogP contribution in [0.15, 0.2) is 0 Å². The highest BCUT2D eigenvalue weighted by Crippen LogP contribution is 2.67. The van der Waals surface area contributed by atoms with Gasteiger partial charge in [0.2, 0.25) is 0 Å². The molecule has 4 fully saturated rings. The number of hydrogen-bond donors (Lipinski definition) is 2. The molecule has 0 aromatic heterocycles. The molecule has 0 aromatic rings. The Balaban J connectivity index is 1.60. The summed E-state index contributed by atoms with van der Waals surface area (Å²) in [4.78, 5) is 12.3. The molecule has 0 bridgehead atoms. The van der Waals surface area contributed by atoms with Gasteiger partial charge in [0.05, 0.1) is 6.10 Å². The van der Waals surface area contributed by atoms with Crippen LogP contribution in [0.5, 0.6) is 0 Å². The average Bonchev–Trinajstić information content (AvgIpc) is 2.92. The molecular weight excluding hydrogens is 300 g/mol. The zero-order valence-corrected chi connectivity index (χ0v) is 15.3. The number of ketones is 1. The fraction of sp³-hybridized carbons (Fsp3) is 0.952. The van der Waals surface area contributed by atoms with Gasteiger partial charge in [0.1, 0.15) is 6.61 Å². The predicted octanol–water partition coefficient (Wildman–Crippen LogP) is 3.57. The molecule has 4 aliphatic rings. The van der Waals surface area contributed by atoms with Crippen molar-refractivity contribution in [1.29, 1.82) is 0 Å². The van der Waals surface area contributed by atoms with E-state index in [1.165, 1.54) is 32.1 Å². The van der Waals surface area contributed by atoms with Crippen LogP contribution >= 0.6 is 0 Å².